The van der Waals surface area contributed by atoms with E-state index in [4.69, 9.17) is 0 Å². The minimum atomic E-state index is 0.220. The number of anilines is 2. The molecule has 7 nitrogen and oxygen atoms in total. The SMILES string of the molecule is CCCNc1nc(NC2CCCC2CO)c2cn[nH]c2n1. The number of fused-ring (bicyclic) bond motifs is 1. The van der Waals surface area contributed by atoms with E-state index in [2.05, 4.69) is 37.7 Å². The molecule has 1 saturated carbocycles. The summed E-state index contributed by atoms with van der Waals surface area (Å²) >= 11 is 0. The fraction of sp³-hybridized carbons (Fsp3) is 0.643. The molecule has 0 spiro atoms. The molecule has 0 aliphatic heterocycles. The average Bonchev–Trinajstić information content (AvgIpc) is 3.13. The van der Waals surface area contributed by atoms with Crippen molar-refractivity contribution in [3.05, 3.63) is 6.20 Å². The molecule has 0 bridgehead atoms. The average molecular weight is 290 g/mol. The smallest absolute Gasteiger partial charge is 0.226 e. The van der Waals surface area contributed by atoms with Crippen molar-refractivity contribution in [3.8, 4) is 0 Å². The zero-order valence-electron chi connectivity index (χ0n) is 12.3. The molecule has 3 rings (SSSR count). The highest BCUT2D eigenvalue weighted by atomic mass is 16.3. The predicted molar refractivity (Wildman–Crippen MR) is 82.3 cm³/mol. The number of nitrogens with zero attached hydrogens (tertiary/aromatic N) is 3. The number of hydrogen-bond donors (Lipinski definition) is 4. The summed E-state index contributed by atoms with van der Waals surface area (Å²) in [7, 11) is 0. The summed E-state index contributed by atoms with van der Waals surface area (Å²) in [6.45, 7) is 3.16. The van der Waals surface area contributed by atoms with Crippen molar-refractivity contribution in [2.45, 2.75) is 38.6 Å². The first kappa shape index (κ1) is 14.1. The molecule has 2 atom stereocenters. The molecular weight excluding hydrogens is 268 g/mol. The number of aliphatic hydroxyl groups excluding tert-OH is 1. The molecule has 1 aliphatic carbocycles. The fourth-order valence-corrected chi connectivity index (χ4v) is 2.88. The van der Waals surface area contributed by atoms with Crippen LogP contribution in [0.1, 0.15) is 32.6 Å². The first-order valence-electron chi connectivity index (χ1n) is 7.64. The van der Waals surface area contributed by atoms with Crippen LogP contribution in [-0.4, -0.2) is 44.5 Å². The maximum atomic E-state index is 9.45. The van der Waals surface area contributed by atoms with Gasteiger partial charge in [0.1, 0.15) is 5.82 Å². The Hall–Kier alpha value is -1.89. The first-order valence-corrected chi connectivity index (χ1v) is 7.64. The number of nitrogens with one attached hydrogen (secondary N) is 3. The van der Waals surface area contributed by atoms with Crippen molar-refractivity contribution in [2.75, 3.05) is 23.8 Å². The van der Waals surface area contributed by atoms with Gasteiger partial charge in [0.2, 0.25) is 5.95 Å². The first-order chi connectivity index (χ1) is 10.3. The number of hydrogen-bond acceptors (Lipinski definition) is 6. The summed E-state index contributed by atoms with van der Waals surface area (Å²) in [6, 6.07) is 0.266. The van der Waals surface area contributed by atoms with Gasteiger partial charge in [-0.15, -0.1) is 0 Å². The molecule has 1 fully saturated rings. The second kappa shape index (κ2) is 6.26. The normalized spacial score (nSPS) is 21.8. The van der Waals surface area contributed by atoms with Crippen LogP contribution in [0, 0.1) is 5.92 Å². The van der Waals surface area contributed by atoms with Crippen LogP contribution in [0.2, 0.25) is 0 Å². The van der Waals surface area contributed by atoms with Crippen LogP contribution in [-0.2, 0) is 0 Å². The quantitative estimate of drug-likeness (QED) is 0.647. The molecular formula is C14H22N6O. The monoisotopic (exact) mass is 290 g/mol. The number of H-pyrrole nitrogens is 1. The third-order valence-electron chi connectivity index (χ3n) is 4.06. The van der Waals surface area contributed by atoms with E-state index >= 15 is 0 Å². The van der Waals surface area contributed by atoms with Gasteiger partial charge in [-0.25, -0.2) is 0 Å². The lowest BCUT2D eigenvalue weighted by atomic mass is 10.1. The van der Waals surface area contributed by atoms with E-state index in [1.165, 1.54) is 0 Å². The summed E-state index contributed by atoms with van der Waals surface area (Å²) < 4.78 is 0. The molecule has 21 heavy (non-hydrogen) atoms. The molecule has 0 amide bonds. The van der Waals surface area contributed by atoms with Gasteiger partial charge in [0, 0.05) is 25.1 Å². The van der Waals surface area contributed by atoms with Gasteiger partial charge in [0.25, 0.3) is 0 Å². The predicted octanol–water partition coefficient (Wildman–Crippen LogP) is 1.75. The molecule has 1 aliphatic rings. The van der Waals surface area contributed by atoms with E-state index in [0.29, 0.717) is 11.9 Å². The zero-order chi connectivity index (χ0) is 14.7. The summed E-state index contributed by atoms with van der Waals surface area (Å²) in [5.41, 5.74) is 0.727. The number of rotatable bonds is 6. The highest BCUT2D eigenvalue weighted by Gasteiger charge is 2.27. The molecule has 0 aromatic carbocycles. The minimum absolute atomic E-state index is 0.220. The van der Waals surface area contributed by atoms with Gasteiger partial charge >= 0.3 is 0 Å². The summed E-state index contributed by atoms with van der Waals surface area (Å²) in [5, 5.41) is 24.0. The van der Waals surface area contributed by atoms with Crippen molar-refractivity contribution in [2.24, 2.45) is 5.92 Å². The van der Waals surface area contributed by atoms with E-state index in [1.807, 2.05) is 0 Å². The lowest BCUT2D eigenvalue weighted by Crippen LogP contribution is -2.27. The van der Waals surface area contributed by atoms with Crippen LogP contribution < -0.4 is 10.6 Å². The van der Waals surface area contributed by atoms with Gasteiger partial charge in [-0.1, -0.05) is 13.3 Å². The molecule has 0 saturated heterocycles. The maximum absolute atomic E-state index is 9.45. The zero-order valence-corrected chi connectivity index (χ0v) is 12.3. The van der Waals surface area contributed by atoms with E-state index in [-0.39, 0.29) is 12.6 Å². The van der Waals surface area contributed by atoms with Gasteiger partial charge in [-0.3, -0.25) is 5.10 Å². The molecule has 7 heteroatoms. The minimum Gasteiger partial charge on any atom is -0.396 e. The van der Waals surface area contributed by atoms with Gasteiger partial charge in [0.05, 0.1) is 11.6 Å². The van der Waals surface area contributed by atoms with Crippen molar-refractivity contribution in [1.82, 2.24) is 20.2 Å². The Morgan fingerprint density at radius 2 is 2.29 bits per heavy atom. The van der Waals surface area contributed by atoms with E-state index in [0.717, 1.165) is 49.1 Å². The summed E-state index contributed by atoms with van der Waals surface area (Å²) in [4.78, 5) is 8.99. The van der Waals surface area contributed by atoms with Crippen molar-refractivity contribution in [1.29, 1.82) is 0 Å². The maximum Gasteiger partial charge on any atom is 0.226 e. The molecule has 114 valence electrons. The Labute approximate surface area is 123 Å². The Morgan fingerprint density at radius 1 is 1.38 bits per heavy atom. The second-order valence-electron chi connectivity index (χ2n) is 5.58. The third-order valence-corrected chi connectivity index (χ3v) is 4.06. The topological polar surface area (TPSA) is 98.8 Å². The largest absolute Gasteiger partial charge is 0.396 e. The van der Waals surface area contributed by atoms with Crippen LogP contribution in [0.25, 0.3) is 11.0 Å². The third kappa shape index (κ3) is 2.92. The van der Waals surface area contributed by atoms with Gasteiger partial charge in [0.15, 0.2) is 5.65 Å². The highest BCUT2D eigenvalue weighted by molar-refractivity contribution is 5.87. The van der Waals surface area contributed by atoms with E-state index in [1.54, 1.807) is 6.20 Å². The van der Waals surface area contributed by atoms with Crippen LogP contribution in [0.4, 0.5) is 11.8 Å². The van der Waals surface area contributed by atoms with Crippen LogP contribution in [0.15, 0.2) is 6.20 Å². The van der Waals surface area contributed by atoms with E-state index < -0.39 is 0 Å². The molecule has 2 aromatic heterocycles. The van der Waals surface area contributed by atoms with Crippen molar-refractivity contribution < 1.29 is 5.11 Å². The number of aliphatic hydroxyl groups is 1. The van der Waals surface area contributed by atoms with Gasteiger partial charge in [-0.05, 0) is 19.3 Å². The Morgan fingerprint density at radius 3 is 3.10 bits per heavy atom. The molecule has 2 aromatic rings. The van der Waals surface area contributed by atoms with Gasteiger partial charge in [-0.2, -0.15) is 15.1 Å². The molecule has 0 radical (unpaired) electrons. The van der Waals surface area contributed by atoms with Crippen molar-refractivity contribution >= 4 is 22.8 Å². The Kier molecular flexibility index (Phi) is 4.19. The second-order valence-corrected chi connectivity index (χ2v) is 5.58. The standard InChI is InChI=1S/C14H22N6O/c1-2-6-15-14-18-12(10-7-16-20-13(10)19-14)17-11-5-3-4-9(11)8-21/h7,9,11,21H,2-6,8H2,1H3,(H3,15,16,17,18,19,20). The Balaban J connectivity index is 1.87. The Bertz CT molecular complexity index is 598. The fourth-order valence-electron chi connectivity index (χ4n) is 2.88. The van der Waals surface area contributed by atoms with Gasteiger partial charge < -0.3 is 15.7 Å². The van der Waals surface area contributed by atoms with E-state index in [9.17, 15) is 5.11 Å². The molecule has 2 unspecified atom stereocenters. The molecule has 4 N–H and O–H groups in total. The van der Waals surface area contributed by atoms with Crippen molar-refractivity contribution in [3.63, 3.8) is 0 Å². The van der Waals surface area contributed by atoms with Crippen LogP contribution in [0.5, 0.6) is 0 Å². The summed E-state index contributed by atoms with van der Waals surface area (Å²) in [5.74, 6) is 1.70. The lowest BCUT2D eigenvalue weighted by Gasteiger charge is -2.20. The van der Waals surface area contributed by atoms with Crippen LogP contribution in [0.3, 0.4) is 0 Å². The highest BCUT2D eigenvalue weighted by Crippen LogP contribution is 2.30. The number of aromatic amines is 1. The lowest BCUT2D eigenvalue weighted by molar-refractivity contribution is 0.222. The summed E-state index contributed by atoms with van der Waals surface area (Å²) in [6.07, 6.45) is 6.02. The van der Waals surface area contributed by atoms with Crippen LogP contribution >= 0.6 is 0 Å². The molecule has 2 heterocycles. The number of aromatic nitrogens is 4.